The van der Waals surface area contributed by atoms with Crippen molar-refractivity contribution in [2.45, 2.75) is 111 Å². The van der Waals surface area contributed by atoms with Crippen molar-refractivity contribution in [2.75, 3.05) is 24.5 Å². The van der Waals surface area contributed by atoms with Crippen LogP contribution in [-0.2, 0) is 14.4 Å². The molecule has 2 fully saturated rings. The highest BCUT2D eigenvalue weighted by atomic mass is 32.1. The van der Waals surface area contributed by atoms with E-state index in [1.807, 2.05) is 100 Å². The smallest absolute Gasteiger partial charge is 0.306 e. The Morgan fingerprint density at radius 1 is 0.932 bits per heavy atom. The number of ether oxygens (including phenoxy) is 1. The summed E-state index contributed by atoms with van der Waals surface area (Å²) in [6, 6.07) is 20.1. The van der Waals surface area contributed by atoms with Gasteiger partial charge in [0.15, 0.2) is 11.6 Å². The summed E-state index contributed by atoms with van der Waals surface area (Å²) in [6.45, 7) is 16.7. The number of fused-ring (bicyclic) bond motifs is 4. The van der Waals surface area contributed by atoms with Gasteiger partial charge in [-0.3, -0.25) is 28.7 Å². The number of nitrogens with one attached hydrogen (secondary N) is 2. The van der Waals surface area contributed by atoms with Crippen molar-refractivity contribution in [2.24, 2.45) is 10.4 Å². The number of β-amino-alcohol motifs (C(OH)–C–C–N with tert-alkyl or cyclic N) is 1. The van der Waals surface area contributed by atoms with Crippen LogP contribution in [0.5, 0.6) is 5.75 Å². The molecule has 4 aromatic heterocycles. The lowest BCUT2D eigenvalue weighted by Crippen LogP contribution is -2.57. The fourth-order valence-electron chi connectivity index (χ4n) is 10.2. The van der Waals surface area contributed by atoms with E-state index in [-0.39, 0.29) is 43.2 Å². The molecule has 4 N–H and O–H groups in total. The number of hydrogen-bond donors (Lipinski definition) is 4. The minimum Gasteiger partial charge on any atom is -0.488 e. The Morgan fingerprint density at radius 3 is 2.38 bits per heavy atom. The van der Waals surface area contributed by atoms with Gasteiger partial charge in [0.05, 0.1) is 46.9 Å². The van der Waals surface area contributed by atoms with Crippen molar-refractivity contribution in [3.05, 3.63) is 129 Å². The second-order valence-electron chi connectivity index (χ2n) is 20.6. The highest BCUT2D eigenvalue weighted by Crippen LogP contribution is 2.40. The quantitative estimate of drug-likeness (QED) is 0.0856. The van der Waals surface area contributed by atoms with E-state index in [0.29, 0.717) is 34.9 Å². The molecule has 10 rings (SSSR count). The molecule has 7 aromatic rings. The molecule has 0 spiro atoms. The summed E-state index contributed by atoms with van der Waals surface area (Å²) in [5.41, 5.74) is 9.07. The van der Waals surface area contributed by atoms with Crippen LogP contribution in [0, 0.1) is 33.1 Å². The maximum absolute atomic E-state index is 14.4. The number of aryl methyl sites for hydroxylation is 3. The number of aliphatic hydroxyl groups excluding tert-OH is 1. The van der Waals surface area contributed by atoms with Crippen LogP contribution in [0.25, 0.3) is 26.4 Å². The van der Waals surface area contributed by atoms with Crippen molar-refractivity contribution >= 4 is 68.7 Å². The lowest BCUT2D eigenvalue weighted by atomic mass is 9.85. The molecule has 0 saturated carbocycles. The number of furan rings is 1. The zero-order valence-corrected chi connectivity index (χ0v) is 44.1. The SMILES string of the molecule is Cc1ncsc1-c1ccc(C(C)NC(=O)[C@@H]2C[C@@H](O)CN2C(=O)C(NC(=O)c2cc3cc(O[C@H]4CCN(c5ccc(C6=N[C@@H](CC(=O)O)c7nnc(C)n7-c7sc(C)c(C)c76)cc5)C4)ccc3o2)C(C)(C)C)cc1. The van der Waals surface area contributed by atoms with E-state index in [1.54, 1.807) is 34.8 Å². The number of benzene rings is 3. The molecule has 74 heavy (non-hydrogen) atoms. The van der Waals surface area contributed by atoms with Crippen molar-refractivity contribution in [3.63, 3.8) is 0 Å². The van der Waals surface area contributed by atoms with Gasteiger partial charge in [-0.1, -0.05) is 57.2 Å². The maximum atomic E-state index is 14.4. The number of carboxylic acids is 1. The van der Waals surface area contributed by atoms with E-state index in [4.69, 9.17) is 14.1 Å². The molecule has 0 aliphatic carbocycles. The van der Waals surface area contributed by atoms with Gasteiger partial charge >= 0.3 is 5.97 Å². The molecule has 2 saturated heterocycles. The maximum Gasteiger partial charge on any atom is 0.306 e. The van der Waals surface area contributed by atoms with E-state index in [9.17, 15) is 29.4 Å². The van der Waals surface area contributed by atoms with Gasteiger partial charge in [0.1, 0.15) is 46.4 Å². The summed E-state index contributed by atoms with van der Waals surface area (Å²) >= 11 is 3.20. The molecule has 0 bridgehead atoms. The van der Waals surface area contributed by atoms with Gasteiger partial charge < -0.3 is 39.8 Å². The standard InChI is InChI=1S/C55H59N9O8S2/c1-28-31(4)74-54-46(28)47(58-41(24-45(66)67)50-61-60-32(5)64(50)54)34-13-15-37(16-14-34)62-20-19-40(26-62)71-39-17-18-43-36(21-39)22-44(72-43)52(69)59-49(55(6,7)8)53(70)63-25-38(65)23-42(63)51(68)57-29(2)33-9-11-35(12-10-33)48-30(3)56-27-73-48/h9-18,21-22,27,29,38,40-42,49,65H,19-20,23-26H2,1-8H3,(H,57,68)(H,59,69)(H,66,67)/t29?,38-,40+,41+,42+,49?/m1/s1. The number of rotatable bonds is 13. The van der Waals surface area contributed by atoms with E-state index >= 15 is 0 Å². The van der Waals surface area contributed by atoms with Crippen LogP contribution < -0.4 is 20.3 Å². The summed E-state index contributed by atoms with van der Waals surface area (Å²) in [7, 11) is 0. The van der Waals surface area contributed by atoms with Gasteiger partial charge in [0, 0.05) is 53.0 Å². The van der Waals surface area contributed by atoms with Gasteiger partial charge in [-0.2, -0.15) is 0 Å². The Labute approximate surface area is 436 Å². The van der Waals surface area contributed by atoms with Gasteiger partial charge in [-0.25, -0.2) is 4.98 Å². The van der Waals surface area contributed by atoms with Gasteiger partial charge in [-0.05, 0) is 93.1 Å². The number of thiazole rings is 1. The Kier molecular flexibility index (Phi) is 13.5. The van der Waals surface area contributed by atoms with Gasteiger partial charge in [0.25, 0.3) is 5.91 Å². The van der Waals surface area contributed by atoms with Crippen LogP contribution in [0.1, 0.15) is 114 Å². The molecular formula is C55H59N9O8S2. The first-order chi connectivity index (χ1) is 35.3. The van der Waals surface area contributed by atoms with E-state index in [0.717, 1.165) is 72.6 Å². The van der Waals surface area contributed by atoms with E-state index in [1.165, 1.54) is 4.90 Å². The molecular weight excluding hydrogens is 979 g/mol. The van der Waals surface area contributed by atoms with Crippen LogP contribution in [0.2, 0.25) is 0 Å². The summed E-state index contributed by atoms with van der Waals surface area (Å²) in [5.74, 6) is -0.586. The van der Waals surface area contributed by atoms with Gasteiger partial charge in [0.2, 0.25) is 11.8 Å². The van der Waals surface area contributed by atoms with Crippen LogP contribution in [-0.4, -0.2) is 108 Å². The number of carbonyl (C=O) groups is 4. The number of hydrogen-bond acceptors (Lipinski definition) is 14. The number of thiophene rings is 1. The lowest BCUT2D eigenvalue weighted by molar-refractivity contribution is -0.142. The number of amides is 3. The van der Waals surface area contributed by atoms with E-state index in [2.05, 4.69) is 56.7 Å². The number of anilines is 1. The molecule has 0 radical (unpaired) electrons. The number of carbonyl (C=O) groups excluding carboxylic acids is 3. The Hall–Kier alpha value is -7.22. The zero-order chi connectivity index (χ0) is 52.3. The highest BCUT2D eigenvalue weighted by Gasteiger charge is 2.45. The predicted octanol–water partition coefficient (Wildman–Crippen LogP) is 8.44. The number of likely N-dealkylation sites (tertiary alicyclic amines) is 1. The molecule has 7 heterocycles. The number of nitrogens with zero attached hydrogens (tertiary/aromatic N) is 7. The average molecular weight is 1040 g/mol. The first kappa shape index (κ1) is 50.3. The normalized spacial score (nSPS) is 19.4. The van der Waals surface area contributed by atoms with Crippen molar-refractivity contribution in [3.8, 4) is 21.2 Å². The van der Waals surface area contributed by atoms with Crippen LogP contribution in [0.15, 0.2) is 87.7 Å². The summed E-state index contributed by atoms with van der Waals surface area (Å²) < 4.78 is 14.5. The van der Waals surface area contributed by atoms with E-state index < -0.39 is 47.4 Å². The minimum absolute atomic E-state index is 0.0154. The summed E-state index contributed by atoms with van der Waals surface area (Å²) in [6.07, 6.45) is -0.403. The van der Waals surface area contributed by atoms with Crippen molar-refractivity contribution in [1.82, 2.24) is 35.3 Å². The molecule has 19 heteroatoms. The van der Waals surface area contributed by atoms with Crippen molar-refractivity contribution < 1.29 is 38.5 Å². The number of aliphatic carboxylic acids is 1. The topological polar surface area (TPSA) is 218 Å². The second-order valence-corrected chi connectivity index (χ2v) is 22.7. The third kappa shape index (κ3) is 9.82. The second kappa shape index (κ2) is 19.9. The van der Waals surface area contributed by atoms with Gasteiger partial charge in [-0.15, -0.1) is 32.9 Å². The largest absolute Gasteiger partial charge is 0.488 e. The molecule has 3 amide bonds. The molecule has 3 aliphatic heterocycles. The summed E-state index contributed by atoms with van der Waals surface area (Å²) in [4.78, 5) is 69.5. The minimum atomic E-state index is -1.05. The molecule has 6 atom stereocenters. The Morgan fingerprint density at radius 2 is 1.68 bits per heavy atom. The summed E-state index contributed by atoms with van der Waals surface area (Å²) in [5, 5.41) is 36.8. The Bertz CT molecular complexity index is 3330. The molecule has 3 aliphatic rings. The van der Waals surface area contributed by atoms with Crippen LogP contribution in [0.3, 0.4) is 0 Å². The monoisotopic (exact) mass is 1040 g/mol. The lowest BCUT2D eigenvalue weighted by Gasteiger charge is -2.35. The fourth-order valence-corrected chi connectivity index (χ4v) is 12.2. The fraction of sp³-hybridized carbons (Fsp3) is 0.382. The Balaban J connectivity index is 0.782. The molecule has 3 aromatic carbocycles. The average Bonchev–Trinajstić information content (AvgIpc) is 4.24. The third-order valence-electron chi connectivity index (χ3n) is 14.3. The third-order valence-corrected chi connectivity index (χ3v) is 16.5. The first-order valence-corrected chi connectivity index (χ1v) is 26.5. The molecule has 17 nitrogen and oxygen atoms in total. The first-order valence-electron chi connectivity index (χ1n) is 24.8. The number of carboxylic acid groups (broad SMARTS) is 1. The predicted molar refractivity (Wildman–Crippen MR) is 284 cm³/mol. The highest BCUT2D eigenvalue weighted by molar-refractivity contribution is 7.15. The van der Waals surface area contributed by atoms with Crippen molar-refractivity contribution in [1.29, 1.82) is 0 Å². The molecule has 384 valence electrons. The zero-order valence-electron chi connectivity index (χ0n) is 42.5. The van der Waals surface area contributed by atoms with Crippen LogP contribution >= 0.6 is 22.7 Å². The number of aliphatic imine (C=N–C) groups is 1. The molecule has 2 unspecified atom stereocenters. The number of aliphatic hydroxyl groups is 1. The number of aromatic nitrogens is 4. The van der Waals surface area contributed by atoms with Crippen LogP contribution in [0.4, 0.5) is 5.69 Å².